The highest BCUT2D eigenvalue weighted by Crippen LogP contribution is 2.53. The predicted molar refractivity (Wildman–Crippen MR) is 157 cm³/mol. The molecule has 5 heteroatoms. The third-order valence-electron chi connectivity index (χ3n) is 8.07. The molecule has 0 amide bonds. The molecule has 40 heavy (non-hydrogen) atoms. The summed E-state index contributed by atoms with van der Waals surface area (Å²) in [6, 6.07) is 30.4. The third kappa shape index (κ3) is 3.93. The van der Waals surface area contributed by atoms with E-state index in [4.69, 9.17) is 4.74 Å². The monoisotopic (exact) mass is 524 g/mol. The molecule has 0 unspecified atom stereocenters. The Balaban J connectivity index is 1.29. The number of ether oxygens (including phenoxy) is 1. The average molecular weight is 525 g/mol. The van der Waals surface area contributed by atoms with Crippen molar-refractivity contribution in [3.05, 3.63) is 133 Å². The van der Waals surface area contributed by atoms with E-state index in [-0.39, 0.29) is 5.41 Å². The van der Waals surface area contributed by atoms with Crippen molar-refractivity contribution in [3.8, 4) is 45.1 Å². The number of para-hydroxylation sites is 2. The van der Waals surface area contributed by atoms with Crippen LogP contribution in [0.2, 0.25) is 0 Å². The van der Waals surface area contributed by atoms with E-state index in [0.29, 0.717) is 0 Å². The number of aryl methyl sites for hydroxylation is 2. The number of imidazole rings is 2. The number of rotatable bonds is 4. The summed E-state index contributed by atoms with van der Waals surface area (Å²) in [6.07, 6.45) is 12.3. The predicted octanol–water partition coefficient (Wildman–Crippen LogP) is 6.68. The molecule has 0 bridgehead atoms. The van der Waals surface area contributed by atoms with Gasteiger partial charge >= 0.3 is 0 Å². The highest BCUT2D eigenvalue weighted by atomic mass is 16.5. The zero-order chi connectivity index (χ0) is 27.4. The summed E-state index contributed by atoms with van der Waals surface area (Å²) in [6.45, 7) is 4.59. The topological polar surface area (TPSA) is 26.8 Å². The third-order valence-corrected chi connectivity index (χ3v) is 8.07. The SMILES string of the molecule is C[n+]1ccn(-c2ccc(-c3cccc4c3Oc3c(-c5ccc(-n6cc[n+](C)c6)cc5)cccc3C4(C)C)cc2)c1. The largest absolute Gasteiger partial charge is 0.455 e. The molecule has 0 aliphatic carbocycles. The van der Waals surface area contributed by atoms with Crippen molar-refractivity contribution in [3.63, 3.8) is 0 Å². The van der Waals surface area contributed by atoms with Crippen LogP contribution in [0.4, 0.5) is 0 Å². The highest BCUT2D eigenvalue weighted by Gasteiger charge is 2.36. The Labute approximate surface area is 234 Å². The Kier molecular flexibility index (Phi) is 5.49. The Morgan fingerprint density at radius 1 is 0.575 bits per heavy atom. The Hall–Kier alpha value is -4.90. The van der Waals surface area contributed by atoms with Crippen molar-refractivity contribution >= 4 is 0 Å². The van der Waals surface area contributed by atoms with Gasteiger partial charge in [-0.2, -0.15) is 0 Å². The maximum absolute atomic E-state index is 6.90. The molecular weight excluding hydrogens is 492 g/mol. The van der Waals surface area contributed by atoms with Crippen LogP contribution in [0.25, 0.3) is 33.6 Å². The summed E-state index contributed by atoms with van der Waals surface area (Å²) in [7, 11) is 4.06. The molecule has 0 radical (unpaired) electrons. The van der Waals surface area contributed by atoms with E-state index in [1.807, 2.05) is 35.6 Å². The lowest BCUT2D eigenvalue weighted by Crippen LogP contribution is -2.25. The van der Waals surface area contributed by atoms with Crippen molar-refractivity contribution in [2.75, 3.05) is 0 Å². The summed E-state index contributed by atoms with van der Waals surface area (Å²) in [5.41, 5.74) is 8.92. The molecule has 0 fully saturated rings. The lowest BCUT2D eigenvalue weighted by atomic mass is 9.74. The van der Waals surface area contributed by atoms with Crippen LogP contribution in [0, 0.1) is 0 Å². The quantitative estimate of drug-likeness (QED) is 0.236. The van der Waals surface area contributed by atoms with Crippen LogP contribution < -0.4 is 13.9 Å². The molecule has 7 rings (SSSR count). The average Bonchev–Trinajstić information content (AvgIpc) is 3.61. The fourth-order valence-electron chi connectivity index (χ4n) is 5.81. The smallest absolute Gasteiger partial charge is 0.248 e. The first-order valence-corrected chi connectivity index (χ1v) is 13.6. The van der Waals surface area contributed by atoms with Gasteiger partial charge in [0.2, 0.25) is 12.7 Å². The van der Waals surface area contributed by atoms with Gasteiger partial charge in [0.15, 0.2) is 0 Å². The second-order valence-electron chi connectivity index (χ2n) is 11.2. The number of benzene rings is 4. The minimum atomic E-state index is -0.214. The zero-order valence-electron chi connectivity index (χ0n) is 23.2. The van der Waals surface area contributed by atoms with Gasteiger partial charge in [-0.15, -0.1) is 0 Å². The summed E-state index contributed by atoms with van der Waals surface area (Å²) in [5, 5.41) is 0. The van der Waals surface area contributed by atoms with Gasteiger partial charge in [-0.25, -0.2) is 18.3 Å². The van der Waals surface area contributed by atoms with E-state index >= 15 is 0 Å². The van der Waals surface area contributed by atoms with E-state index in [9.17, 15) is 0 Å². The van der Waals surface area contributed by atoms with Gasteiger partial charge in [0, 0.05) is 27.7 Å². The molecule has 2 aromatic heterocycles. The van der Waals surface area contributed by atoms with Gasteiger partial charge in [0.05, 0.1) is 14.1 Å². The van der Waals surface area contributed by atoms with E-state index in [0.717, 1.165) is 45.1 Å². The number of aromatic nitrogens is 4. The maximum Gasteiger partial charge on any atom is 0.248 e. The summed E-state index contributed by atoms with van der Waals surface area (Å²) < 4.78 is 15.2. The van der Waals surface area contributed by atoms with Gasteiger partial charge in [-0.1, -0.05) is 74.5 Å². The normalized spacial score (nSPS) is 13.4. The van der Waals surface area contributed by atoms with E-state index in [1.165, 1.54) is 11.1 Å². The molecule has 1 aliphatic rings. The molecule has 0 atom stereocenters. The van der Waals surface area contributed by atoms with Crippen LogP contribution in [0.3, 0.4) is 0 Å². The van der Waals surface area contributed by atoms with E-state index < -0.39 is 0 Å². The number of hydrogen-bond donors (Lipinski definition) is 0. The zero-order valence-corrected chi connectivity index (χ0v) is 23.2. The Morgan fingerprint density at radius 3 is 1.38 bits per heavy atom. The van der Waals surface area contributed by atoms with Crippen molar-refractivity contribution < 1.29 is 13.9 Å². The lowest BCUT2D eigenvalue weighted by Gasteiger charge is -2.36. The van der Waals surface area contributed by atoms with Crippen LogP contribution in [0.15, 0.2) is 122 Å². The van der Waals surface area contributed by atoms with Gasteiger partial charge in [-0.3, -0.25) is 0 Å². The molecule has 1 aliphatic heterocycles. The van der Waals surface area contributed by atoms with Gasteiger partial charge in [0.25, 0.3) is 0 Å². The Bertz CT molecular complexity index is 1720. The first-order chi connectivity index (χ1) is 19.4. The fraction of sp³-hybridized carbons (Fsp3) is 0.143. The van der Waals surface area contributed by atoms with Crippen molar-refractivity contribution in [1.82, 2.24) is 9.13 Å². The van der Waals surface area contributed by atoms with Gasteiger partial charge in [0.1, 0.15) is 47.7 Å². The molecule has 6 aromatic rings. The molecule has 5 nitrogen and oxygen atoms in total. The molecule has 0 N–H and O–H groups in total. The van der Waals surface area contributed by atoms with Crippen LogP contribution >= 0.6 is 0 Å². The van der Waals surface area contributed by atoms with Gasteiger partial charge < -0.3 is 4.74 Å². The van der Waals surface area contributed by atoms with Crippen LogP contribution in [0.1, 0.15) is 25.0 Å². The van der Waals surface area contributed by atoms with Crippen molar-refractivity contribution in [1.29, 1.82) is 0 Å². The second-order valence-corrected chi connectivity index (χ2v) is 11.2. The van der Waals surface area contributed by atoms with Crippen LogP contribution in [0.5, 0.6) is 11.5 Å². The minimum absolute atomic E-state index is 0.214. The number of fused-ring (bicyclic) bond motifs is 2. The molecule has 196 valence electrons. The van der Waals surface area contributed by atoms with Crippen molar-refractivity contribution in [2.24, 2.45) is 14.1 Å². The second kappa shape index (κ2) is 9.09. The van der Waals surface area contributed by atoms with E-state index in [1.54, 1.807) is 0 Å². The summed E-state index contributed by atoms with van der Waals surface area (Å²) in [5.74, 6) is 1.87. The molecule has 0 saturated carbocycles. The minimum Gasteiger partial charge on any atom is -0.455 e. The van der Waals surface area contributed by atoms with E-state index in [2.05, 4.69) is 133 Å². The molecule has 0 saturated heterocycles. The molecule has 3 heterocycles. The first kappa shape index (κ1) is 24.2. The van der Waals surface area contributed by atoms with Gasteiger partial charge in [-0.05, 0) is 35.4 Å². The Morgan fingerprint density at radius 2 is 1.00 bits per heavy atom. The molecular formula is C35H32N4O+2. The molecule has 0 spiro atoms. The molecule has 4 aromatic carbocycles. The first-order valence-electron chi connectivity index (χ1n) is 13.6. The highest BCUT2D eigenvalue weighted by molar-refractivity contribution is 5.81. The summed E-state index contributed by atoms with van der Waals surface area (Å²) >= 11 is 0. The standard InChI is InChI=1S/C35H32N4O/c1-35(2)31-9-5-7-29(25-11-15-27(16-12-25)38-21-19-36(3)23-38)33(31)40-34-30(8-6-10-32(34)35)26-13-17-28(18-14-26)39-22-20-37(4)24-39/h5-24H,1-4H3/q+2. The number of hydrogen-bond acceptors (Lipinski definition) is 1. The van der Waals surface area contributed by atoms with Crippen molar-refractivity contribution in [2.45, 2.75) is 19.3 Å². The van der Waals surface area contributed by atoms with Crippen LogP contribution in [-0.4, -0.2) is 9.13 Å². The fourth-order valence-corrected chi connectivity index (χ4v) is 5.81. The lowest BCUT2D eigenvalue weighted by molar-refractivity contribution is -0.670. The van der Waals surface area contributed by atoms with Crippen LogP contribution in [-0.2, 0) is 19.5 Å². The number of nitrogens with zero attached hydrogens (tertiary/aromatic N) is 4. The maximum atomic E-state index is 6.90. The summed E-state index contributed by atoms with van der Waals surface area (Å²) in [4.78, 5) is 0.